The van der Waals surface area contributed by atoms with Crippen LogP contribution in [-0.4, -0.2) is 67.1 Å². The van der Waals surface area contributed by atoms with Crippen LogP contribution in [0.2, 0.25) is 0 Å². The van der Waals surface area contributed by atoms with Crippen molar-refractivity contribution in [2.45, 2.75) is 58.0 Å². The maximum atomic E-state index is 13.6. The molecule has 1 atom stereocenters. The van der Waals surface area contributed by atoms with E-state index in [-0.39, 0.29) is 17.5 Å². The predicted octanol–water partition coefficient (Wildman–Crippen LogP) is 3.78. The second-order valence-electron chi connectivity index (χ2n) is 10.6. The molecular formula is C28H33N7O3. The van der Waals surface area contributed by atoms with E-state index in [4.69, 9.17) is 4.42 Å². The number of nitrogens with one attached hydrogen (secondary N) is 1. The highest BCUT2D eigenvalue weighted by Gasteiger charge is 2.35. The van der Waals surface area contributed by atoms with Gasteiger partial charge in [-0.1, -0.05) is 19.3 Å². The summed E-state index contributed by atoms with van der Waals surface area (Å²) in [4.78, 5) is 33.6. The van der Waals surface area contributed by atoms with Crippen LogP contribution >= 0.6 is 0 Å². The Morgan fingerprint density at radius 3 is 2.55 bits per heavy atom. The van der Waals surface area contributed by atoms with E-state index in [1.807, 2.05) is 23.7 Å². The fourth-order valence-electron chi connectivity index (χ4n) is 5.90. The summed E-state index contributed by atoms with van der Waals surface area (Å²) < 4.78 is 7.28. The van der Waals surface area contributed by atoms with Gasteiger partial charge in [-0.05, 0) is 84.0 Å². The van der Waals surface area contributed by atoms with E-state index in [0.29, 0.717) is 43.3 Å². The Hall–Kier alpha value is -3.79. The number of tetrazole rings is 1. The van der Waals surface area contributed by atoms with Crippen molar-refractivity contribution in [3.8, 4) is 0 Å². The van der Waals surface area contributed by atoms with E-state index in [0.717, 1.165) is 42.1 Å². The summed E-state index contributed by atoms with van der Waals surface area (Å²) in [6, 6.07) is 9.34. The summed E-state index contributed by atoms with van der Waals surface area (Å²) in [7, 11) is 0. The van der Waals surface area contributed by atoms with Crippen molar-refractivity contribution in [3.05, 3.63) is 75.2 Å². The summed E-state index contributed by atoms with van der Waals surface area (Å²) in [6.45, 7) is 6.33. The quantitative estimate of drug-likeness (QED) is 0.430. The van der Waals surface area contributed by atoms with Gasteiger partial charge in [0, 0.05) is 37.3 Å². The zero-order chi connectivity index (χ0) is 26.2. The lowest BCUT2D eigenvalue weighted by molar-refractivity contribution is 0.0556. The average molecular weight is 516 g/mol. The maximum Gasteiger partial charge on any atom is 0.289 e. The van der Waals surface area contributed by atoms with Crippen LogP contribution in [0, 0.1) is 13.8 Å². The Balaban J connectivity index is 1.38. The van der Waals surface area contributed by atoms with Crippen molar-refractivity contribution in [2.75, 3.05) is 26.2 Å². The first-order valence-electron chi connectivity index (χ1n) is 13.5. The molecule has 10 nitrogen and oxygen atoms in total. The molecule has 4 aromatic rings. The highest BCUT2D eigenvalue weighted by Crippen LogP contribution is 2.33. The molecule has 1 amide bonds. The third-order valence-electron chi connectivity index (χ3n) is 8.16. The van der Waals surface area contributed by atoms with Gasteiger partial charge in [-0.2, -0.15) is 0 Å². The van der Waals surface area contributed by atoms with Crippen LogP contribution in [0.1, 0.15) is 77.3 Å². The van der Waals surface area contributed by atoms with Gasteiger partial charge < -0.3 is 14.3 Å². The van der Waals surface area contributed by atoms with E-state index >= 15 is 0 Å². The first kappa shape index (κ1) is 24.5. The normalized spacial score (nSPS) is 18.2. The van der Waals surface area contributed by atoms with Crippen LogP contribution in [0.25, 0.3) is 10.9 Å². The molecule has 1 aliphatic heterocycles. The zero-order valence-corrected chi connectivity index (χ0v) is 21.9. The van der Waals surface area contributed by atoms with E-state index in [9.17, 15) is 9.59 Å². The van der Waals surface area contributed by atoms with Gasteiger partial charge >= 0.3 is 0 Å². The highest BCUT2D eigenvalue weighted by molar-refractivity contribution is 5.91. The van der Waals surface area contributed by atoms with Gasteiger partial charge in [0.15, 0.2) is 11.6 Å². The van der Waals surface area contributed by atoms with E-state index in [1.165, 1.54) is 18.2 Å². The van der Waals surface area contributed by atoms with Gasteiger partial charge in [0.2, 0.25) is 0 Å². The molecule has 0 bridgehead atoms. The van der Waals surface area contributed by atoms with Crippen LogP contribution in [0.3, 0.4) is 0 Å². The third-order valence-corrected chi connectivity index (χ3v) is 8.16. The Labute approximate surface area is 220 Å². The van der Waals surface area contributed by atoms with Crippen molar-refractivity contribution in [1.82, 2.24) is 35.0 Å². The van der Waals surface area contributed by atoms with E-state index in [1.54, 1.807) is 17.0 Å². The molecule has 2 fully saturated rings. The number of aromatic amines is 1. The van der Waals surface area contributed by atoms with Crippen LogP contribution in [0.4, 0.5) is 0 Å². The number of hydrogen-bond donors (Lipinski definition) is 1. The number of H-pyrrole nitrogens is 1. The number of nitrogens with zero attached hydrogens (tertiary/aromatic N) is 6. The summed E-state index contributed by atoms with van der Waals surface area (Å²) >= 11 is 0. The lowest BCUT2D eigenvalue weighted by Crippen LogP contribution is -2.51. The van der Waals surface area contributed by atoms with Gasteiger partial charge in [0.1, 0.15) is 6.04 Å². The number of aryl methyl sites for hydroxylation is 2. The lowest BCUT2D eigenvalue weighted by atomic mass is 9.95. The smallest absolute Gasteiger partial charge is 0.289 e. The van der Waals surface area contributed by atoms with Gasteiger partial charge in [-0.25, -0.2) is 4.68 Å². The van der Waals surface area contributed by atoms with E-state index in [2.05, 4.69) is 38.4 Å². The number of amides is 1. The molecule has 1 N–H and O–H groups in total. The molecule has 1 aliphatic carbocycles. The predicted molar refractivity (Wildman–Crippen MR) is 142 cm³/mol. The Morgan fingerprint density at radius 1 is 1.05 bits per heavy atom. The molecule has 6 rings (SSSR count). The van der Waals surface area contributed by atoms with Crippen molar-refractivity contribution in [1.29, 1.82) is 0 Å². The van der Waals surface area contributed by atoms with Crippen molar-refractivity contribution < 1.29 is 9.21 Å². The molecule has 3 aromatic heterocycles. The maximum absolute atomic E-state index is 13.6. The van der Waals surface area contributed by atoms with Crippen LogP contribution in [0.5, 0.6) is 0 Å². The second-order valence-corrected chi connectivity index (χ2v) is 10.6. The monoisotopic (exact) mass is 515 g/mol. The second kappa shape index (κ2) is 10.2. The number of benzene rings is 1. The number of fused-ring (bicyclic) bond motifs is 1. The van der Waals surface area contributed by atoms with Gasteiger partial charge in [0.25, 0.3) is 11.5 Å². The van der Waals surface area contributed by atoms with Gasteiger partial charge in [-0.15, -0.1) is 5.10 Å². The largest absolute Gasteiger partial charge is 0.459 e. The number of furan rings is 1. The summed E-state index contributed by atoms with van der Waals surface area (Å²) in [5.74, 6) is 0.914. The first-order valence-corrected chi connectivity index (χ1v) is 13.5. The van der Waals surface area contributed by atoms with Gasteiger partial charge in [-0.3, -0.25) is 14.5 Å². The number of pyridine rings is 1. The first-order chi connectivity index (χ1) is 18.5. The van der Waals surface area contributed by atoms with Crippen molar-refractivity contribution >= 4 is 16.8 Å². The topological polar surface area (TPSA) is 113 Å². The molecule has 0 spiro atoms. The average Bonchev–Trinajstić information content (AvgIpc) is 3.64. The molecule has 1 unspecified atom stereocenters. The Morgan fingerprint density at radius 2 is 1.82 bits per heavy atom. The van der Waals surface area contributed by atoms with Crippen molar-refractivity contribution in [3.63, 3.8) is 0 Å². The zero-order valence-electron chi connectivity index (χ0n) is 21.9. The minimum Gasteiger partial charge on any atom is -0.459 e. The molecule has 4 heterocycles. The van der Waals surface area contributed by atoms with Crippen LogP contribution < -0.4 is 5.56 Å². The summed E-state index contributed by atoms with van der Waals surface area (Å²) in [5, 5.41) is 14.0. The van der Waals surface area contributed by atoms with Crippen LogP contribution in [0.15, 0.2) is 45.8 Å². The molecule has 1 saturated carbocycles. The SMILES string of the molecule is Cc1cc2cc(C(c3nnnn3C3CCCCC3)N3CCN(C(=O)c4ccco4)CC3)c(=O)[nH]c2cc1C. The molecule has 1 aromatic carbocycles. The number of aromatic nitrogens is 5. The molecule has 10 heteroatoms. The summed E-state index contributed by atoms with van der Waals surface area (Å²) in [5.41, 5.74) is 3.61. The molecule has 2 aliphatic rings. The molecule has 0 radical (unpaired) electrons. The minimum atomic E-state index is -0.428. The summed E-state index contributed by atoms with van der Waals surface area (Å²) in [6.07, 6.45) is 7.10. The van der Waals surface area contributed by atoms with Gasteiger partial charge in [0.05, 0.1) is 12.3 Å². The fourth-order valence-corrected chi connectivity index (χ4v) is 5.90. The van der Waals surface area contributed by atoms with Crippen LogP contribution in [-0.2, 0) is 0 Å². The molecular weight excluding hydrogens is 482 g/mol. The number of hydrogen-bond acceptors (Lipinski definition) is 7. The molecule has 198 valence electrons. The molecule has 1 saturated heterocycles. The Kier molecular flexibility index (Phi) is 6.57. The number of carbonyl (C=O) groups excluding carboxylic acids is 1. The number of piperazine rings is 1. The fraction of sp³-hybridized carbons (Fsp3) is 0.464. The Bertz CT molecular complexity index is 1490. The minimum absolute atomic E-state index is 0.118. The number of carbonyl (C=O) groups is 1. The highest BCUT2D eigenvalue weighted by atomic mass is 16.3. The number of rotatable bonds is 5. The standard InChI is InChI=1S/C28H33N7O3/c1-18-15-20-17-22(27(36)29-23(20)16-19(18)2)25(26-30-31-32-35(26)21-7-4-3-5-8-21)33-10-12-34(13-11-33)28(37)24-9-6-14-38-24/h6,9,14-17,21,25H,3-5,7-8,10-13H2,1-2H3,(H,29,36). The third kappa shape index (κ3) is 4.53. The molecule has 38 heavy (non-hydrogen) atoms. The van der Waals surface area contributed by atoms with Crippen molar-refractivity contribution in [2.24, 2.45) is 0 Å². The van der Waals surface area contributed by atoms with E-state index < -0.39 is 6.04 Å². The lowest BCUT2D eigenvalue weighted by Gasteiger charge is -2.38.